The second-order valence-corrected chi connectivity index (χ2v) is 4.99. The molecule has 0 spiro atoms. The molecule has 4 nitrogen and oxygen atoms in total. The zero-order valence-corrected chi connectivity index (χ0v) is 9.88. The third kappa shape index (κ3) is 2.26. The average molecular weight is 236 g/mol. The molecule has 2 atom stereocenters. The molecule has 0 amide bonds. The van der Waals surface area contributed by atoms with Crippen molar-refractivity contribution in [3.05, 3.63) is 29.8 Å². The molecule has 2 rings (SSSR count). The number of carboxylic acids is 1. The number of fused-ring (bicyclic) bond motifs is 1. The molecule has 4 heteroatoms. The van der Waals surface area contributed by atoms with Crippen LogP contribution in [0.1, 0.15) is 31.7 Å². The number of hydrogen-bond acceptors (Lipinski definition) is 3. The van der Waals surface area contributed by atoms with E-state index >= 15 is 0 Å². The molecule has 0 fully saturated rings. The Balaban J connectivity index is 2.43. The highest BCUT2D eigenvalue weighted by Crippen LogP contribution is 2.42. The summed E-state index contributed by atoms with van der Waals surface area (Å²) in [5.41, 5.74) is 0.303. The maximum atomic E-state index is 10.9. The van der Waals surface area contributed by atoms with E-state index in [4.69, 9.17) is 9.84 Å². The van der Waals surface area contributed by atoms with Gasteiger partial charge in [-0.3, -0.25) is 0 Å². The Morgan fingerprint density at radius 3 is 2.76 bits per heavy atom. The molecule has 1 aliphatic rings. The monoisotopic (exact) mass is 236 g/mol. The van der Waals surface area contributed by atoms with E-state index in [1.54, 1.807) is 12.1 Å². The van der Waals surface area contributed by atoms with E-state index in [9.17, 15) is 9.90 Å². The van der Waals surface area contributed by atoms with E-state index in [0.29, 0.717) is 12.2 Å². The third-order valence-corrected chi connectivity index (χ3v) is 3.05. The average Bonchev–Trinajstić information content (AvgIpc) is 2.25. The van der Waals surface area contributed by atoms with Gasteiger partial charge in [0.1, 0.15) is 11.4 Å². The molecule has 0 aromatic heterocycles. The number of aliphatic carboxylic acids is 1. The smallest absolute Gasteiger partial charge is 0.333 e. The molecule has 1 aliphatic heterocycles. The van der Waals surface area contributed by atoms with E-state index in [1.165, 1.54) is 0 Å². The summed E-state index contributed by atoms with van der Waals surface area (Å²) in [5.74, 6) is -0.955. The predicted octanol–water partition coefficient (Wildman–Crippen LogP) is 1.78. The lowest BCUT2D eigenvalue weighted by Crippen LogP contribution is -2.40. The number of aliphatic hydroxyl groups excluding tert-OH is 1. The number of para-hydroxylation sites is 1. The highest BCUT2D eigenvalue weighted by molar-refractivity contribution is 5.74. The standard InChI is InChI=1S/C13H16O4/c1-13(2)7-9(11(14)12(15)16)8-5-3-4-6-10(8)17-13/h3-6,9,11,14H,7H2,1-2H3,(H,15,16). The molecule has 0 bridgehead atoms. The Morgan fingerprint density at radius 1 is 1.47 bits per heavy atom. The summed E-state index contributed by atoms with van der Waals surface area (Å²) in [6.07, 6.45) is -0.906. The van der Waals surface area contributed by atoms with Crippen molar-refractivity contribution in [3.63, 3.8) is 0 Å². The van der Waals surface area contributed by atoms with Crippen molar-refractivity contribution in [2.24, 2.45) is 0 Å². The van der Waals surface area contributed by atoms with Gasteiger partial charge in [0.05, 0.1) is 0 Å². The van der Waals surface area contributed by atoms with E-state index < -0.39 is 23.6 Å². The molecule has 0 saturated carbocycles. The minimum Gasteiger partial charge on any atom is -0.488 e. The van der Waals surface area contributed by atoms with Crippen LogP contribution in [0, 0.1) is 0 Å². The lowest BCUT2D eigenvalue weighted by Gasteiger charge is -2.38. The zero-order valence-electron chi connectivity index (χ0n) is 9.88. The normalized spacial score (nSPS) is 23.4. The molecule has 0 aliphatic carbocycles. The predicted molar refractivity (Wildman–Crippen MR) is 62.1 cm³/mol. The molecule has 0 radical (unpaired) electrons. The van der Waals surface area contributed by atoms with Crippen LogP contribution in [-0.4, -0.2) is 27.9 Å². The summed E-state index contributed by atoms with van der Waals surface area (Å²) in [7, 11) is 0. The minimum absolute atomic E-state index is 0.424. The summed E-state index contributed by atoms with van der Waals surface area (Å²) in [4.78, 5) is 10.9. The van der Waals surface area contributed by atoms with Crippen molar-refractivity contribution >= 4 is 5.97 Å². The Labute approximate surface area is 99.8 Å². The van der Waals surface area contributed by atoms with Gasteiger partial charge in [0.15, 0.2) is 6.10 Å². The molecule has 2 unspecified atom stereocenters. The number of carbonyl (C=O) groups is 1. The number of rotatable bonds is 2. The van der Waals surface area contributed by atoms with Gasteiger partial charge < -0.3 is 14.9 Å². The van der Waals surface area contributed by atoms with Crippen LogP contribution in [0.3, 0.4) is 0 Å². The number of ether oxygens (including phenoxy) is 1. The first-order valence-electron chi connectivity index (χ1n) is 5.59. The number of hydrogen-bond donors (Lipinski definition) is 2. The molecule has 1 aromatic rings. The van der Waals surface area contributed by atoms with Crippen LogP contribution in [0.5, 0.6) is 5.75 Å². The zero-order chi connectivity index (χ0) is 12.6. The fourth-order valence-electron chi connectivity index (χ4n) is 2.31. The fraction of sp³-hybridized carbons (Fsp3) is 0.462. The summed E-state index contributed by atoms with van der Waals surface area (Å²) in [6.45, 7) is 3.79. The topological polar surface area (TPSA) is 66.8 Å². The van der Waals surface area contributed by atoms with Gasteiger partial charge in [-0.05, 0) is 26.3 Å². The quantitative estimate of drug-likeness (QED) is 0.821. The molecule has 17 heavy (non-hydrogen) atoms. The van der Waals surface area contributed by atoms with E-state index in [1.807, 2.05) is 26.0 Å². The van der Waals surface area contributed by atoms with Gasteiger partial charge >= 0.3 is 5.97 Å². The number of aliphatic hydroxyl groups is 1. The molecule has 1 aromatic carbocycles. The van der Waals surface area contributed by atoms with Crippen molar-refractivity contribution in [2.45, 2.75) is 37.9 Å². The number of carboxylic acid groups (broad SMARTS) is 1. The lowest BCUT2D eigenvalue weighted by atomic mass is 9.81. The van der Waals surface area contributed by atoms with Crippen LogP contribution >= 0.6 is 0 Å². The molecule has 92 valence electrons. The van der Waals surface area contributed by atoms with Gasteiger partial charge in [-0.15, -0.1) is 0 Å². The van der Waals surface area contributed by atoms with Crippen molar-refractivity contribution < 1.29 is 19.7 Å². The van der Waals surface area contributed by atoms with E-state index in [0.717, 1.165) is 5.56 Å². The fourth-order valence-corrected chi connectivity index (χ4v) is 2.31. The molecule has 0 saturated heterocycles. The highest BCUT2D eigenvalue weighted by Gasteiger charge is 2.39. The van der Waals surface area contributed by atoms with Crippen molar-refractivity contribution in [2.75, 3.05) is 0 Å². The first-order valence-corrected chi connectivity index (χ1v) is 5.59. The maximum Gasteiger partial charge on any atom is 0.333 e. The Kier molecular flexibility index (Phi) is 2.83. The van der Waals surface area contributed by atoms with E-state index in [2.05, 4.69) is 0 Å². The third-order valence-electron chi connectivity index (χ3n) is 3.05. The van der Waals surface area contributed by atoms with Crippen molar-refractivity contribution in [1.82, 2.24) is 0 Å². The van der Waals surface area contributed by atoms with Crippen LogP contribution in [-0.2, 0) is 4.79 Å². The van der Waals surface area contributed by atoms with Gasteiger partial charge in [-0.25, -0.2) is 4.79 Å². The summed E-state index contributed by atoms with van der Waals surface area (Å²) in [5, 5.41) is 18.7. The Bertz CT molecular complexity index is 439. The highest BCUT2D eigenvalue weighted by atomic mass is 16.5. The Hall–Kier alpha value is -1.55. The van der Waals surface area contributed by atoms with Gasteiger partial charge in [-0.2, -0.15) is 0 Å². The minimum atomic E-state index is -1.39. The second kappa shape index (κ2) is 4.04. The van der Waals surface area contributed by atoms with Crippen molar-refractivity contribution in [3.8, 4) is 5.75 Å². The number of benzene rings is 1. The van der Waals surface area contributed by atoms with Crippen LogP contribution < -0.4 is 4.74 Å². The van der Waals surface area contributed by atoms with Crippen LogP contribution in [0.4, 0.5) is 0 Å². The van der Waals surface area contributed by atoms with Crippen LogP contribution in [0.2, 0.25) is 0 Å². The lowest BCUT2D eigenvalue weighted by molar-refractivity contribution is -0.148. The van der Waals surface area contributed by atoms with Gasteiger partial charge in [0.25, 0.3) is 0 Å². The summed E-state index contributed by atoms with van der Waals surface area (Å²) < 4.78 is 5.78. The SMILES string of the molecule is CC1(C)CC(C(O)C(=O)O)c2ccccc2O1. The molecule has 2 N–H and O–H groups in total. The van der Waals surface area contributed by atoms with E-state index in [-0.39, 0.29) is 0 Å². The second-order valence-electron chi connectivity index (χ2n) is 4.99. The molecule has 1 heterocycles. The summed E-state index contributed by atoms with van der Waals surface area (Å²) >= 11 is 0. The van der Waals surface area contributed by atoms with Crippen molar-refractivity contribution in [1.29, 1.82) is 0 Å². The molecular formula is C13H16O4. The summed E-state index contributed by atoms with van der Waals surface area (Å²) in [6, 6.07) is 7.27. The van der Waals surface area contributed by atoms with Gasteiger partial charge in [0.2, 0.25) is 0 Å². The van der Waals surface area contributed by atoms with Gasteiger partial charge in [-0.1, -0.05) is 18.2 Å². The van der Waals surface area contributed by atoms with Crippen LogP contribution in [0.25, 0.3) is 0 Å². The molecular weight excluding hydrogens is 220 g/mol. The Morgan fingerprint density at radius 2 is 2.12 bits per heavy atom. The van der Waals surface area contributed by atoms with Gasteiger partial charge in [0, 0.05) is 11.5 Å². The maximum absolute atomic E-state index is 10.9. The first kappa shape index (κ1) is 11.9. The van der Waals surface area contributed by atoms with Crippen LogP contribution in [0.15, 0.2) is 24.3 Å². The first-order chi connectivity index (χ1) is 7.91. The largest absolute Gasteiger partial charge is 0.488 e.